The van der Waals surface area contributed by atoms with E-state index in [-0.39, 0.29) is 17.3 Å². The molecule has 7 nitrogen and oxygen atoms in total. The van der Waals surface area contributed by atoms with Crippen LogP contribution in [0, 0.1) is 0 Å². The van der Waals surface area contributed by atoms with Gasteiger partial charge in [-0.1, -0.05) is 19.1 Å². The van der Waals surface area contributed by atoms with Gasteiger partial charge in [-0.15, -0.1) is 0 Å². The standard InChI is InChI=1S/C23H28F3N5O2/c1-3-5-20(32)28-17-7-4-6-16(14-17)15-30-10-12-31(13-11-30)19-9-8-18(22(33)27-2)29-21(19)23(24,25)26/h4,6-9,14H,3,5,10-13,15H2,1-2H3,(H,27,33)(H,28,32). The maximum absolute atomic E-state index is 13.6. The molecule has 0 aliphatic carbocycles. The predicted molar refractivity (Wildman–Crippen MR) is 120 cm³/mol. The van der Waals surface area contributed by atoms with Gasteiger partial charge in [-0.05, 0) is 36.2 Å². The Morgan fingerprint density at radius 2 is 1.82 bits per heavy atom. The number of hydrogen-bond donors (Lipinski definition) is 2. The smallest absolute Gasteiger partial charge is 0.367 e. The van der Waals surface area contributed by atoms with Crippen molar-refractivity contribution < 1.29 is 22.8 Å². The molecule has 1 fully saturated rings. The molecule has 0 bridgehead atoms. The van der Waals surface area contributed by atoms with E-state index in [0.29, 0.717) is 39.1 Å². The molecule has 1 aromatic carbocycles. The maximum atomic E-state index is 13.6. The lowest BCUT2D eigenvalue weighted by atomic mass is 10.1. The van der Waals surface area contributed by atoms with Crippen molar-refractivity contribution in [2.45, 2.75) is 32.5 Å². The van der Waals surface area contributed by atoms with Crippen LogP contribution >= 0.6 is 0 Å². The summed E-state index contributed by atoms with van der Waals surface area (Å²) in [6.45, 7) is 4.51. The Labute approximate surface area is 191 Å². The minimum Gasteiger partial charge on any atom is -0.367 e. The number of halogens is 3. The molecule has 2 heterocycles. The Kier molecular flexibility index (Phi) is 7.91. The average molecular weight is 464 g/mol. The van der Waals surface area contributed by atoms with E-state index in [9.17, 15) is 22.8 Å². The molecule has 0 radical (unpaired) electrons. The zero-order valence-electron chi connectivity index (χ0n) is 18.7. The first-order valence-electron chi connectivity index (χ1n) is 10.9. The van der Waals surface area contributed by atoms with Gasteiger partial charge in [0.25, 0.3) is 5.91 Å². The van der Waals surface area contributed by atoms with Crippen molar-refractivity contribution in [2.75, 3.05) is 43.4 Å². The molecule has 0 unspecified atom stereocenters. The molecule has 0 atom stereocenters. The fourth-order valence-electron chi connectivity index (χ4n) is 3.77. The first-order valence-corrected chi connectivity index (χ1v) is 10.9. The highest BCUT2D eigenvalue weighted by atomic mass is 19.4. The molecule has 1 aliphatic heterocycles. The van der Waals surface area contributed by atoms with E-state index in [1.807, 2.05) is 31.2 Å². The largest absolute Gasteiger partial charge is 0.435 e. The molecule has 2 amide bonds. The Hall–Kier alpha value is -3.14. The average Bonchev–Trinajstić information content (AvgIpc) is 2.78. The summed E-state index contributed by atoms with van der Waals surface area (Å²) in [7, 11) is 1.35. The summed E-state index contributed by atoms with van der Waals surface area (Å²) in [5.74, 6) is -0.690. The van der Waals surface area contributed by atoms with Crippen LogP contribution in [0.3, 0.4) is 0 Å². The molecular formula is C23H28F3N5O2. The van der Waals surface area contributed by atoms with Crippen LogP contribution in [-0.2, 0) is 17.5 Å². The van der Waals surface area contributed by atoms with Crippen LogP contribution in [0.5, 0.6) is 0 Å². The third kappa shape index (κ3) is 6.44. The van der Waals surface area contributed by atoms with Crippen molar-refractivity contribution in [2.24, 2.45) is 0 Å². The van der Waals surface area contributed by atoms with Gasteiger partial charge in [0.15, 0.2) is 5.69 Å². The summed E-state index contributed by atoms with van der Waals surface area (Å²) >= 11 is 0. The topological polar surface area (TPSA) is 77.6 Å². The lowest BCUT2D eigenvalue weighted by molar-refractivity contribution is -0.140. The number of piperazine rings is 1. The van der Waals surface area contributed by atoms with Crippen molar-refractivity contribution in [3.8, 4) is 0 Å². The number of carbonyl (C=O) groups excluding carboxylic acids is 2. The van der Waals surface area contributed by atoms with Gasteiger partial charge in [0.05, 0.1) is 5.69 Å². The fraction of sp³-hybridized carbons (Fsp3) is 0.435. The molecule has 1 aliphatic rings. The highest BCUT2D eigenvalue weighted by Crippen LogP contribution is 2.35. The minimum atomic E-state index is -4.67. The van der Waals surface area contributed by atoms with Gasteiger partial charge in [-0.25, -0.2) is 4.98 Å². The normalized spacial score (nSPS) is 14.8. The van der Waals surface area contributed by atoms with Gasteiger partial charge in [-0.3, -0.25) is 14.5 Å². The van der Waals surface area contributed by atoms with Crippen LogP contribution in [0.4, 0.5) is 24.5 Å². The number of benzene rings is 1. The van der Waals surface area contributed by atoms with E-state index in [2.05, 4.69) is 20.5 Å². The number of anilines is 2. The Morgan fingerprint density at radius 1 is 1.09 bits per heavy atom. The second-order valence-electron chi connectivity index (χ2n) is 7.90. The van der Waals surface area contributed by atoms with E-state index in [0.717, 1.165) is 17.7 Å². The predicted octanol–water partition coefficient (Wildman–Crippen LogP) is 3.52. The second kappa shape index (κ2) is 10.7. The van der Waals surface area contributed by atoms with Crippen LogP contribution in [0.1, 0.15) is 41.5 Å². The van der Waals surface area contributed by atoms with E-state index in [1.165, 1.54) is 19.2 Å². The summed E-state index contributed by atoms with van der Waals surface area (Å²) in [5, 5.41) is 5.17. The summed E-state index contributed by atoms with van der Waals surface area (Å²) in [6.07, 6.45) is -3.43. The Bertz CT molecular complexity index is 988. The van der Waals surface area contributed by atoms with Gasteiger partial charge < -0.3 is 15.5 Å². The molecule has 0 saturated carbocycles. The number of hydrogen-bond acceptors (Lipinski definition) is 5. The number of amides is 2. The van der Waals surface area contributed by atoms with Gasteiger partial charge in [0.1, 0.15) is 5.69 Å². The second-order valence-corrected chi connectivity index (χ2v) is 7.90. The molecular weight excluding hydrogens is 435 g/mol. The van der Waals surface area contributed by atoms with Gasteiger partial charge in [-0.2, -0.15) is 13.2 Å². The quantitative estimate of drug-likeness (QED) is 0.657. The number of alkyl halides is 3. The minimum absolute atomic E-state index is 0.0181. The number of pyridine rings is 1. The van der Waals surface area contributed by atoms with Gasteiger partial charge in [0, 0.05) is 51.9 Å². The van der Waals surface area contributed by atoms with E-state index >= 15 is 0 Å². The monoisotopic (exact) mass is 463 g/mol. The molecule has 178 valence electrons. The summed E-state index contributed by atoms with van der Waals surface area (Å²) in [6, 6.07) is 10.2. The lowest BCUT2D eigenvalue weighted by Crippen LogP contribution is -2.46. The number of rotatable bonds is 7. The zero-order valence-corrected chi connectivity index (χ0v) is 18.7. The van der Waals surface area contributed by atoms with Crippen molar-refractivity contribution in [1.82, 2.24) is 15.2 Å². The van der Waals surface area contributed by atoms with Crippen LogP contribution in [0.2, 0.25) is 0 Å². The van der Waals surface area contributed by atoms with Crippen molar-refractivity contribution in [3.05, 3.63) is 53.3 Å². The van der Waals surface area contributed by atoms with Crippen LogP contribution < -0.4 is 15.5 Å². The first kappa shape index (κ1) is 24.5. The number of nitrogens with one attached hydrogen (secondary N) is 2. The lowest BCUT2D eigenvalue weighted by Gasteiger charge is -2.37. The van der Waals surface area contributed by atoms with Gasteiger partial charge in [0.2, 0.25) is 5.91 Å². The fourth-order valence-corrected chi connectivity index (χ4v) is 3.77. The number of carbonyl (C=O) groups is 2. The van der Waals surface area contributed by atoms with Crippen LogP contribution in [-0.4, -0.2) is 54.9 Å². The molecule has 1 aromatic heterocycles. The molecule has 3 rings (SSSR count). The molecule has 10 heteroatoms. The summed E-state index contributed by atoms with van der Waals surface area (Å²) < 4.78 is 40.9. The molecule has 2 aromatic rings. The number of aromatic nitrogens is 1. The summed E-state index contributed by atoms with van der Waals surface area (Å²) in [5.41, 5.74) is 0.424. The van der Waals surface area contributed by atoms with E-state index in [1.54, 1.807) is 4.90 Å². The van der Waals surface area contributed by atoms with Crippen molar-refractivity contribution >= 4 is 23.2 Å². The van der Waals surface area contributed by atoms with Gasteiger partial charge >= 0.3 is 6.18 Å². The van der Waals surface area contributed by atoms with E-state index in [4.69, 9.17) is 0 Å². The third-order valence-corrected chi connectivity index (χ3v) is 5.41. The molecule has 0 spiro atoms. The molecule has 33 heavy (non-hydrogen) atoms. The highest BCUT2D eigenvalue weighted by molar-refractivity contribution is 5.92. The highest BCUT2D eigenvalue weighted by Gasteiger charge is 2.38. The van der Waals surface area contributed by atoms with Crippen LogP contribution in [0.25, 0.3) is 0 Å². The van der Waals surface area contributed by atoms with Crippen molar-refractivity contribution in [3.63, 3.8) is 0 Å². The third-order valence-electron chi connectivity index (χ3n) is 5.41. The zero-order chi connectivity index (χ0) is 24.0. The van der Waals surface area contributed by atoms with Crippen molar-refractivity contribution in [1.29, 1.82) is 0 Å². The molecule has 2 N–H and O–H groups in total. The maximum Gasteiger partial charge on any atom is 0.435 e. The molecule has 1 saturated heterocycles. The Balaban J connectivity index is 1.66. The Morgan fingerprint density at radius 3 is 2.45 bits per heavy atom. The first-order chi connectivity index (χ1) is 15.7. The van der Waals surface area contributed by atoms with E-state index < -0.39 is 17.8 Å². The van der Waals surface area contributed by atoms with Crippen LogP contribution in [0.15, 0.2) is 36.4 Å². The SMILES string of the molecule is CCCC(=O)Nc1cccc(CN2CCN(c3ccc(C(=O)NC)nc3C(F)(F)F)CC2)c1. The summed E-state index contributed by atoms with van der Waals surface area (Å²) in [4.78, 5) is 31.0. The number of nitrogens with zero attached hydrogens (tertiary/aromatic N) is 3.